The molecule has 0 fully saturated rings. The van der Waals surface area contributed by atoms with Crippen LogP contribution in [0.1, 0.15) is 6.92 Å². The van der Waals surface area contributed by atoms with E-state index < -0.39 is 0 Å². The van der Waals surface area contributed by atoms with Gasteiger partial charge in [-0.05, 0) is 25.0 Å². The molecule has 1 aromatic carbocycles. The first-order valence-corrected chi connectivity index (χ1v) is 4.78. The van der Waals surface area contributed by atoms with Crippen molar-refractivity contribution in [1.82, 2.24) is 0 Å². The Bertz CT molecular complexity index is 191. The minimum absolute atomic E-state index is 0.528. The van der Waals surface area contributed by atoms with Gasteiger partial charge < -0.3 is 0 Å². The van der Waals surface area contributed by atoms with Gasteiger partial charge in [-0.15, -0.1) is 11.8 Å². The average molecular weight is 165 g/mol. The molecule has 0 aromatic heterocycles. The smallest absolute Gasteiger partial charge is 0.00720 e. The number of hydrogen-bond donors (Lipinski definition) is 0. The summed E-state index contributed by atoms with van der Waals surface area (Å²) in [5.41, 5.74) is 0. The van der Waals surface area contributed by atoms with Crippen molar-refractivity contribution >= 4 is 11.8 Å². The van der Waals surface area contributed by atoms with E-state index in [9.17, 15) is 0 Å². The molecule has 1 atom stereocenters. The van der Waals surface area contributed by atoms with E-state index in [1.165, 1.54) is 4.90 Å². The van der Waals surface area contributed by atoms with Gasteiger partial charge in [0.15, 0.2) is 0 Å². The molecule has 0 aliphatic rings. The molecule has 0 N–H and O–H groups in total. The summed E-state index contributed by atoms with van der Waals surface area (Å²) in [5.74, 6) is 1.63. The molecule has 11 heavy (non-hydrogen) atoms. The summed E-state index contributed by atoms with van der Waals surface area (Å²) in [5, 5.41) is 0. The summed E-state index contributed by atoms with van der Waals surface area (Å²) in [6, 6.07) is 10.4. The quantitative estimate of drug-likeness (QED) is 0.619. The van der Waals surface area contributed by atoms with E-state index in [1.54, 1.807) is 0 Å². The van der Waals surface area contributed by atoms with Gasteiger partial charge in [0.05, 0.1) is 0 Å². The van der Waals surface area contributed by atoms with Gasteiger partial charge in [-0.2, -0.15) is 0 Å². The molecule has 0 bridgehead atoms. The van der Waals surface area contributed by atoms with E-state index in [1.807, 2.05) is 17.8 Å². The van der Waals surface area contributed by atoms with Crippen LogP contribution in [0.4, 0.5) is 0 Å². The maximum atomic E-state index is 3.93. The molecule has 1 aromatic rings. The van der Waals surface area contributed by atoms with Crippen molar-refractivity contribution in [3.63, 3.8) is 0 Å². The van der Waals surface area contributed by atoms with E-state index in [0.29, 0.717) is 5.92 Å². The van der Waals surface area contributed by atoms with Gasteiger partial charge >= 0.3 is 0 Å². The Morgan fingerprint density at radius 2 is 2.00 bits per heavy atom. The van der Waals surface area contributed by atoms with Crippen molar-refractivity contribution in [2.24, 2.45) is 5.92 Å². The highest BCUT2D eigenvalue weighted by Crippen LogP contribution is 2.19. The highest BCUT2D eigenvalue weighted by atomic mass is 32.2. The van der Waals surface area contributed by atoms with E-state index in [4.69, 9.17) is 0 Å². The second-order valence-corrected chi connectivity index (χ2v) is 3.82. The molecule has 1 rings (SSSR count). The fourth-order valence-corrected chi connectivity index (χ4v) is 1.58. The Labute approximate surface area is 73.0 Å². The predicted molar refractivity (Wildman–Crippen MR) is 51.7 cm³/mol. The first-order chi connectivity index (χ1) is 5.29. The van der Waals surface area contributed by atoms with Gasteiger partial charge in [0.2, 0.25) is 0 Å². The topological polar surface area (TPSA) is 0 Å². The highest BCUT2D eigenvalue weighted by Gasteiger charge is 1.95. The fourth-order valence-electron chi connectivity index (χ4n) is 0.755. The first-order valence-electron chi connectivity index (χ1n) is 3.80. The molecular formula is C10H13S. The van der Waals surface area contributed by atoms with Crippen LogP contribution in [0.3, 0.4) is 0 Å². The molecule has 1 unspecified atom stereocenters. The van der Waals surface area contributed by atoms with E-state index >= 15 is 0 Å². The van der Waals surface area contributed by atoms with E-state index in [-0.39, 0.29) is 0 Å². The Morgan fingerprint density at radius 1 is 1.36 bits per heavy atom. The van der Waals surface area contributed by atoms with Crippen molar-refractivity contribution in [2.75, 3.05) is 5.75 Å². The van der Waals surface area contributed by atoms with Crippen LogP contribution in [0.15, 0.2) is 35.2 Å². The molecule has 0 spiro atoms. The lowest BCUT2D eigenvalue weighted by atomic mass is 10.3. The van der Waals surface area contributed by atoms with Crippen LogP contribution in [-0.4, -0.2) is 5.75 Å². The molecule has 0 heterocycles. The van der Waals surface area contributed by atoms with Crippen LogP contribution in [-0.2, 0) is 0 Å². The molecule has 0 saturated heterocycles. The standard InChI is InChI=1S/C10H13S/c1-9(2)8-11-10-6-4-3-5-7-10/h3-7,9H,1,8H2,2H3. The zero-order valence-corrected chi connectivity index (χ0v) is 7.60. The molecule has 1 radical (unpaired) electrons. The minimum atomic E-state index is 0.528. The Kier molecular flexibility index (Phi) is 3.50. The van der Waals surface area contributed by atoms with E-state index in [0.717, 1.165) is 5.75 Å². The molecule has 0 aliphatic heterocycles. The molecule has 0 saturated carbocycles. The lowest BCUT2D eigenvalue weighted by molar-refractivity contribution is 0.842. The highest BCUT2D eigenvalue weighted by molar-refractivity contribution is 7.99. The largest absolute Gasteiger partial charge is 0.126 e. The second-order valence-electron chi connectivity index (χ2n) is 2.73. The molecule has 0 aliphatic carbocycles. The maximum Gasteiger partial charge on any atom is 0.00720 e. The molecule has 59 valence electrons. The molecule has 0 amide bonds. The third kappa shape index (κ3) is 3.47. The van der Waals surface area contributed by atoms with Crippen LogP contribution in [0.25, 0.3) is 0 Å². The zero-order chi connectivity index (χ0) is 8.10. The Hall–Kier alpha value is -0.430. The van der Waals surface area contributed by atoms with Crippen molar-refractivity contribution < 1.29 is 0 Å². The normalized spacial score (nSPS) is 10.5. The summed E-state index contributed by atoms with van der Waals surface area (Å²) in [6.07, 6.45) is 0. The average Bonchev–Trinajstić information content (AvgIpc) is 2.03. The monoisotopic (exact) mass is 165 g/mol. The van der Waals surface area contributed by atoms with Crippen LogP contribution in [0.2, 0.25) is 0 Å². The minimum Gasteiger partial charge on any atom is -0.126 e. The lowest BCUT2D eigenvalue weighted by Crippen LogP contribution is -1.89. The van der Waals surface area contributed by atoms with Crippen LogP contribution < -0.4 is 0 Å². The number of rotatable bonds is 3. The van der Waals surface area contributed by atoms with Crippen molar-refractivity contribution in [3.8, 4) is 0 Å². The van der Waals surface area contributed by atoms with Gasteiger partial charge in [0.1, 0.15) is 0 Å². The lowest BCUT2D eigenvalue weighted by Gasteiger charge is -2.02. The third-order valence-corrected chi connectivity index (χ3v) is 2.62. The summed E-state index contributed by atoms with van der Waals surface area (Å²) in [4.78, 5) is 1.34. The van der Waals surface area contributed by atoms with Gasteiger partial charge in [-0.25, -0.2) is 0 Å². The van der Waals surface area contributed by atoms with Crippen molar-refractivity contribution in [1.29, 1.82) is 0 Å². The van der Waals surface area contributed by atoms with Crippen LogP contribution in [0.5, 0.6) is 0 Å². The third-order valence-electron chi connectivity index (χ3n) is 1.28. The van der Waals surface area contributed by atoms with Crippen molar-refractivity contribution in [2.45, 2.75) is 11.8 Å². The summed E-state index contributed by atoms with van der Waals surface area (Å²) >= 11 is 1.87. The SMILES string of the molecule is [CH2]C(C)CSc1ccccc1. The number of benzene rings is 1. The van der Waals surface area contributed by atoms with Gasteiger partial charge in [-0.1, -0.05) is 25.1 Å². The van der Waals surface area contributed by atoms with E-state index in [2.05, 4.69) is 38.1 Å². The fraction of sp³-hybridized carbons (Fsp3) is 0.300. The maximum absolute atomic E-state index is 3.93. The van der Waals surface area contributed by atoms with Gasteiger partial charge in [-0.3, -0.25) is 0 Å². The van der Waals surface area contributed by atoms with Crippen LogP contribution in [0, 0.1) is 12.8 Å². The van der Waals surface area contributed by atoms with Gasteiger partial charge in [0.25, 0.3) is 0 Å². The Morgan fingerprint density at radius 3 is 2.55 bits per heavy atom. The second kappa shape index (κ2) is 4.45. The summed E-state index contributed by atoms with van der Waals surface area (Å²) in [6.45, 7) is 6.07. The van der Waals surface area contributed by atoms with Crippen molar-refractivity contribution in [3.05, 3.63) is 37.3 Å². The number of hydrogen-bond acceptors (Lipinski definition) is 1. The molecular weight excluding hydrogens is 152 g/mol. The summed E-state index contributed by atoms with van der Waals surface area (Å²) in [7, 11) is 0. The zero-order valence-electron chi connectivity index (χ0n) is 6.79. The summed E-state index contributed by atoms with van der Waals surface area (Å²) < 4.78 is 0. The molecule has 1 heteroatoms. The van der Waals surface area contributed by atoms with Gasteiger partial charge in [0, 0.05) is 10.6 Å². The Balaban J connectivity index is 2.39. The van der Waals surface area contributed by atoms with Crippen LogP contribution >= 0.6 is 11.8 Å². The predicted octanol–water partition coefficient (Wildman–Crippen LogP) is 3.25. The first kappa shape index (κ1) is 8.66. The number of thioether (sulfide) groups is 1. The molecule has 0 nitrogen and oxygen atoms in total.